The summed E-state index contributed by atoms with van der Waals surface area (Å²) in [5.41, 5.74) is 0. The van der Waals surface area contributed by atoms with Crippen molar-refractivity contribution >= 4 is 8.07 Å². The normalized spacial score (nSPS) is 13.3. The van der Waals surface area contributed by atoms with Crippen LogP contribution in [0.3, 0.4) is 0 Å². The first-order chi connectivity index (χ1) is 6.43. The molecule has 0 bridgehead atoms. The van der Waals surface area contributed by atoms with E-state index in [-0.39, 0.29) is 0 Å². The zero-order chi connectivity index (χ0) is 11.2. The van der Waals surface area contributed by atoms with Crippen LogP contribution >= 0.6 is 0 Å². The van der Waals surface area contributed by atoms with Crippen molar-refractivity contribution in [3.8, 4) is 0 Å². The average Bonchev–Trinajstić information content (AvgIpc) is 2.03. The first-order valence-electron chi connectivity index (χ1n) is 5.50. The summed E-state index contributed by atoms with van der Waals surface area (Å²) in [5, 5.41) is 0. The smallest absolute Gasteiger partial charge is 0.177 e. The van der Waals surface area contributed by atoms with Gasteiger partial charge in [0, 0.05) is 0 Å². The van der Waals surface area contributed by atoms with Crippen molar-refractivity contribution in [3.05, 3.63) is 0 Å². The molecule has 0 saturated carbocycles. The SMILES string of the molecule is CCC[Si](CCC)(CCC)C(F)(F)F. The summed E-state index contributed by atoms with van der Waals surface area (Å²) in [7, 11) is -3.00. The van der Waals surface area contributed by atoms with Gasteiger partial charge in [0.1, 0.15) is 0 Å². The van der Waals surface area contributed by atoms with Gasteiger partial charge in [0.15, 0.2) is 8.07 Å². The maximum absolute atomic E-state index is 13.0. The molecule has 0 rings (SSSR count). The lowest BCUT2D eigenvalue weighted by molar-refractivity contribution is -0.0583. The number of hydrogen-bond acceptors (Lipinski definition) is 0. The van der Waals surface area contributed by atoms with Crippen molar-refractivity contribution in [2.45, 2.75) is 64.0 Å². The second-order valence-corrected chi connectivity index (χ2v) is 8.66. The quantitative estimate of drug-likeness (QED) is 0.572. The summed E-state index contributed by atoms with van der Waals surface area (Å²) in [5.74, 6) is -3.89. The van der Waals surface area contributed by atoms with Crippen LogP contribution in [0.5, 0.6) is 0 Å². The minimum Gasteiger partial charge on any atom is -0.177 e. The summed E-state index contributed by atoms with van der Waals surface area (Å²) in [6.07, 6.45) is 2.02. The van der Waals surface area contributed by atoms with E-state index in [4.69, 9.17) is 0 Å². The van der Waals surface area contributed by atoms with Crippen LogP contribution in [0.15, 0.2) is 0 Å². The highest BCUT2D eigenvalue weighted by atomic mass is 28.3. The standard InChI is InChI=1S/C10H21F3Si/c1-4-7-14(8-5-2,9-6-3)10(11,12)13/h4-9H2,1-3H3. The van der Waals surface area contributed by atoms with E-state index in [1.807, 2.05) is 20.8 Å². The zero-order valence-electron chi connectivity index (χ0n) is 9.38. The van der Waals surface area contributed by atoms with Gasteiger partial charge in [-0.15, -0.1) is 0 Å². The number of rotatable bonds is 6. The Morgan fingerprint density at radius 1 is 0.786 bits per heavy atom. The van der Waals surface area contributed by atoms with Crippen molar-refractivity contribution < 1.29 is 13.2 Å². The molecular formula is C10H21F3Si. The van der Waals surface area contributed by atoms with E-state index < -0.39 is 13.9 Å². The lowest BCUT2D eigenvalue weighted by Crippen LogP contribution is -2.49. The Labute approximate surface area is 85.9 Å². The molecule has 0 unspecified atom stereocenters. The molecule has 0 amide bonds. The molecule has 0 spiro atoms. The molecule has 4 heteroatoms. The number of halogens is 3. The molecule has 0 aromatic carbocycles. The molecule has 86 valence electrons. The minimum atomic E-state index is -3.89. The van der Waals surface area contributed by atoms with Gasteiger partial charge >= 0.3 is 5.80 Å². The summed E-state index contributed by atoms with van der Waals surface area (Å²) in [4.78, 5) is 0. The lowest BCUT2D eigenvalue weighted by atomic mass is 10.5. The topological polar surface area (TPSA) is 0 Å². The molecule has 0 aliphatic carbocycles. The Morgan fingerprint density at radius 3 is 1.21 bits per heavy atom. The zero-order valence-corrected chi connectivity index (χ0v) is 10.4. The predicted molar refractivity (Wildman–Crippen MR) is 57.1 cm³/mol. The van der Waals surface area contributed by atoms with E-state index in [0.29, 0.717) is 37.4 Å². The fourth-order valence-electron chi connectivity index (χ4n) is 2.24. The Balaban J connectivity index is 4.73. The first kappa shape index (κ1) is 14.0. The van der Waals surface area contributed by atoms with Gasteiger partial charge in [0.25, 0.3) is 0 Å². The van der Waals surface area contributed by atoms with Gasteiger partial charge in [-0.1, -0.05) is 40.0 Å². The van der Waals surface area contributed by atoms with Crippen LogP contribution in [0.2, 0.25) is 18.1 Å². The average molecular weight is 226 g/mol. The van der Waals surface area contributed by atoms with Crippen molar-refractivity contribution in [1.29, 1.82) is 0 Å². The fourth-order valence-corrected chi connectivity index (χ4v) is 6.71. The molecule has 14 heavy (non-hydrogen) atoms. The van der Waals surface area contributed by atoms with Crippen LogP contribution in [-0.4, -0.2) is 13.9 Å². The van der Waals surface area contributed by atoms with Gasteiger partial charge in [-0.25, -0.2) is 0 Å². The molecule has 0 aliphatic heterocycles. The molecule has 0 saturated heterocycles. The maximum atomic E-state index is 13.0. The van der Waals surface area contributed by atoms with E-state index in [1.54, 1.807) is 0 Å². The van der Waals surface area contributed by atoms with Crippen molar-refractivity contribution in [2.75, 3.05) is 0 Å². The molecule has 0 fully saturated rings. The lowest BCUT2D eigenvalue weighted by Gasteiger charge is -2.33. The highest BCUT2D eigenvalue weighted by Gasteiger charge is 2.54. The van der Waals surface area contributed by atoms with Crippen LogP contribution in [0, 0.1) is 0 Å². The molecule has 0 atom stereocenters. The molecule has 0 radical (unpaired) electrons. The Bertz CT molecular complexity index is 137. The van der Waals surface area contributed by atoms with Gasteiger partial charge in [-0.2, -0.15) is 13.2 Å². The highest BCUT2D eigenvalue weighted by molar-refractivity contribution is 6.81. The molecule has 0 aromatic rings. The van der Waals surface area contributed by atoms with Crippen LogP contribution in [0.25, 0.3) is 0 Å². The third kappa shape index (κ3) is 3.30. The predicted octanol–water partition coefficient (Wildman–Crippen LogP) is 4.77. The van der Waals surface area contributed by atoms with Crippen LogP contribution in [0.1, 0.15) is 40.0 Å². The van der Waals surface area contributed by atoms with Crippen LogP contribution in [0.4, 0.5) is 13.2 Å². The molecule has 0 N–H and O–H groups in total. The van der Waals surface area contributed by atoms with E-state index in [9.17, 15) is 13.2 Å². The third-order valence-corrected chi connectivity index (χ3v) is 8.36. The molecule has 0 aromatic heterocycles. The second-order valence-electron chi connectivity index (χ2n) is 4.03. The van der Waals surface area contributed by atoms with Crippen LogP contribution in [-0.2, 0) is 0 Å². The van der Waals surface area contributed by atoms with E-state index >= 15 is 0 Å². The Hall–Kier alpha value is 0.00688. The Morgan fingerprint density at radius 2 is 1.07 bits per heavy atom. The van der Waals surface area contributed by atoms with Crippen LogP contribution < -0.4 is 0 Å². The van der Waals surface area contributed by atoms with Crippen molar-refractivity contribution in [1.82, 2.24) is 0 Å². The van der Waals surface area contributed by atoms with Crippen molar-refractivity contribution in [2.24, 2.45) is 0 Å². The van der Waals surface area contributed by atoms with Gasteiger partial charge in [-0.3, -0.25) is 0 Å². The summed E-state index contributed by atoms with van der Waals surface area (Å²) in [6, 6.07) is 1.24. The minimum absolute atomic E-state index is 0.415. The van der Waals surface area contributed by atoms with Gasteiger partial charge in [0.05, 0.1) is 0 Å². The Kier molecular flexibility index (Phi) is 5.79. The summed E-state index contributed by atoms with van der Waals surface area (Å²) in [6.45, 7) is 5.58. The summed E-state index contributed by atoms with van der Waals surface area (Å²) < 4.78 is 39.0. The maximum Gasteiger partial charge on any atom is 0.361 e. The van der Waals surface area contributed by atoms with Gasteiger partial charge in [0.2, 0.25) is 0 Å². The largest absolute Gasteiger partial charge is 0.361 e. The van der Waals surface area contributed by atoms with E-state index in [2.05, 4.69) is 0 Å². The molecule has 0 heterocycles. The summed E-state index contributed by atoms with van der Waals surface area (Å²) >= 11 is 0. The third-order valence-electron chi connectivity index (χ3n) is 2.79. The molecule has 0 aliphatic rings. The monoisotopic (exact) mass is 226 g/mol. The molecule has 0 nitrogen and oxygen atoms in total. The first-order valence-corrected chi connectivity index (χ1v) is 8.12. The number of hydrogen-bond donors (Lipinski definition) is 0. The van der Waals surface area contributed by atoms with E-state index in [1.165, 1.54) is 0 Å². The van der Waals surface area contributed by atoms with Gasteiger partial charge in [-0.05, 0) is 18.1 Å². The fraction of sp³-hybridized carbons (Fsp3) is 1.00. The van der Waals surface area contributed by atoms with Crippen molar-refractivity contribution in [3.63, 3.8) is 0 Å². The highest BCUT2D eigenvalue weighted by Crippen LogP contribution is 2.40. The van der Waals surface area contributed by atoms with E-state index in [0.717, 1.165) is 0 Å². The molecular weight excluding hydrogens is 205 g/mol. The van der Waals surface area contributed by atoms with Gasteiger partial charge < -0.3 is 0 Å². The second kappa shape index (κ2) is 5.78. The number of alkyl halides is 3.